The molecule has 2 amide bonds. The molecular formula is C35H36N4O2. The van der Waals surface area contributed by atoms with Crippen LogP contribution in [0.25, 0.3) is 10.9 Å². The maximum Gasteiger partial charge on any atom is 0.254 e. The van der Waals surface area contributed by atoms with Crippen molar-refractivity contribution in [2.24, 2.45) is 0 Å². The van der Waals surface area contributed by atoms with Crippen LogP contribution in [0.2, 0.25) is 0 Å². The zero-order chi connectivity index (χ0) is 28.6. The topological polar surface area (TPSA) is 59.7 Å². The number of carbonyl (C=O) groups excluding carboxylic acids is 2. The number of aromatic amines is 1. The molecule has 0 aliphatic rings. The Hall–Kier alpha value is -4.84. The van der Waals surface area contributed by atoms with Gasteiger partial charge in [-0.25, -0.2) is 0 Å². The van der Waals surface area contributed by atoms with Crippen molar-refractivity contribution in [1.82, 2.24) is 14.8 Å². The van der Waals surface area contributed by atoms with Crippen molar-refractivity contribution < 1.29 is 9.59 Å². The number of fused-ring (bicyclic) bond motifs is 1. The van der Waals surface area contributed by atoms with Gasteiger partial charge in [0.05, 0.1) is 0 Å². The van der Waals surface area contributed by atoms with E-state index >= 15 is 0 Å². The fourth-order valence-corrected chi connectivity index (χ4v) is 5.04. The first-order valence-electron chi connectivity index (χ1n) is 14.0. The van der Waals surface area contributed by atoms with E-state index in [0.717, 1.165) is 22.3 Å². The van der Waals surface area contributed by atoms with Crippen LogP contribution in [0.1, 0.15) is 27.0 Å². The van der Waals surface area contributed by atoms with Crippen LogP contribution in [-0.4, -0.2) is 53.8 Å². The van der Waals surface area contributed by atoms with E-state index in [1.54, 1.807) is 17.0 Å². The van der Waals surface area contributed by atoms with Crippen molar-refractivity contribution in [3.8, 4) is 0 Å². The summed E-state index contributed by atoms with van der Waals surface area (Å²) in [6, 6.07) is 35.5. The number of rotatable bonds is 11. The lowest BCUT2D eigenvalue weighted by Gasteiger charge is -2.28. The van der Waals surface area contributed by atoms with E-state index in [1.165, 1.54) is 10.9 Å². The summed E-state index contributed by atoms with van der Waals surface area (Å²) in [4.78, 5) is 36.5. The highest BCUT2D eigenvalue weighted by atomic mass is 16.2. The van der Waals surface area contributed by atoms with E-state index in [9.17, 15) is 9.59 Å². The highest BCUT2D eigenvalue weighted by Gasteiger charge is 2.23. The molecule has 1 heterocycles. The number of nitrogens with one attached hydrogen (secondary N) is 1. The SMILES string of the molecule is CN(C)c1ccc(CN(CCc2c[nH]c3ccccc23)C(=O)CN(Cc2ccccc2)C(=O)c2ccccc2)cc1. The molecule has 6 heteroatoms. The lowest BCUT2D eigenvalue weighted by Crippen LogP contribution is -2.43. The van der Waals surface area contributed by atoms with Crippen molar-refractivity contribution in [3.63, 3.8) is 0 Å². The lowest BCUT2D eigenvalue weighted by atomic mass is 10.1. The third kappa shape index (κ3) is 7.03. The summed E-state index contributed by atoms with van der Waals surface area (Å²) in [7, 11) is 4.02. The zero-order valence-electron chi connectivity index (χ0n) is 23.7. The van der Waals surface area contributed by atoms with Gasteiger partial charge in [-0.15, -0.1) is 0 Å². The number of carbonyl (C=O) groups is 2. The highest BCUT2D eigenvalue weighted by molar-refractivity contribution is 5.96. The first-order chi connectivity index (χ1) is 20.0. The number of nitrogens with zero attached hydrogens (tertiary/aromatic N) is 3. The van der Waals surface area contributed by atoms with Gasteiger partial charge in [0.2, 0.25) is 5.91 Å². The van der Waals surface area contributed by atoms with Gasteiger partial charge in [-0.1, -0.05) is 78.9 Å². The average molecular weight is 545 g/mol. The molecule has 4 aromatic carbocycles. The average Bonchev–Trinajstić information content (AvgIpc) is 3.42. The third-order valence-corrected chi connectivity index (χ3v) is 7.36. The smallest absolute Gasteiger partial charge is 0.254 e. The number of amides is 2. The predicted molar refractivity (Wildman–Crippen MR) is 166 cm³/mol. The van der Waals surface area contributed by atoms with Gasteiger partial charge >= 0.3 is 0 Å². The van der Waals surface area contributed by atoms with Crippen molar-refractivity contribution in [1.29, 1.82) is 0 Å². The second-order valence-corrected chi connectivity index (χ2v) is 10.5. The van der Waals surface area contributed by atoms with E-state index in [2.05, 4.69) is 46.3 Å². The number of benzene rings is 4. The van der Waals surface area contributed by atoms with Crippen LogP contribution in [0.4, 0.5) is 5.69 Å². The molecule has 0 radical (unpaired) electrons. The normalized spacial score (nSPS) is 10.9. The van der Waals surface area contributed by atoms with Crippen LogP contribution in [0, 0.1) is 0 Å². The van der Waals surface area contributed by atoms with Gasteiger partial charge < -0.3 is 19.7 Å². The summed E-state index contributed by atoms with van der Waals surface area (Å²) in [5.74, 6) is -0.239. The minimum Gasteiger partial charge on any atom is -0.378 e. The second kappa shape index (κ2) is 13.0. The van der Waals surface area contributed by atoms with Crippen molar-refractivity contribution in [2.75, 3.05) is 32.1 Å². The Kier molecular flexibility index (Phi) is 8.79. The van der Waals surface area contributed by atoms with Crippen molar-refractivity contribution in [3.05, 3.63) is 138 Å². The Bertz CT molecular complexity index is 1580. The molecule has 0 saturated carbocycles. The molecule has 0 aliphatic heterocycles. The molecule has 0 spiro atoms. The molecule has 5 rings (SSSR count). The minimum atomic E-state index is -0.158. The Balaban J connectivity index is 1.39. The van der Waals surface area contributed by atoms with E-state index in [4.69, 9.17) is 0 Å². The molecule has 41 heavy (non-hydrogen) atoms. The van der Waals surface area contributed by atoms with Crippen LogP contribution in [-0.2, 0) is 24.3 Å². The summed E-state index contributed by atoms with van der Waals surface area (Å²) < 4.78 is 0. The minimum absolute atomic E-state index is 0.00765. The third-order valence-electron chi connectivity index (χ3n) is 7.36. The largest absolute Gasteiger partial charge is 0.378 e. The quantitative estimate of drug-likeness (QED) is 0.217. The fraction of sp³-hybridized carbons (Fsp3) is 0.200. The van der Waals surface area contributed by atoms with Gasteiger partial charge in [0.1, 0.15) is 6.54 Å². The Morgan fingerprint density at radius 1 is 0.683 bits per heavy atom. The summed E-state index contributed by atoms with van der Waals surface area (Å²) in [6.07, 6.45) is 2.73. The number of hydrogen-bond donors (Lipinski definition) is 1. The number of anilines is 1. The summed E-state index contributed by atoms with van der Waals surface area (Å²) in [5.41, 5.74) is 5.96. The molecule has 6 nitrogen and oxygen atoms in total. The van der Waals surface area contributed by atoms with Gasteiger partial charge in [0.15, 0.2) is 0 Å². The first kappa shape index (κ1) is 27.7. The van der Waals surface area contributed by atoms with Crippen molar-refractivity contribution >= 4 is 28.4 Å². The van der Waals surface area contributed by atoms with Crippen molar-refractivity contribution in [2.45, 2.75) is 19.5 Å². The second-order valence-electron chi connectivity index (χ2n) is 10.5. The lowest BCUT2D eigenvalue weighted by molar-refractivity contribution is -0.132. The van der Waals surface area contributed by atoms with Crippen LogP contribution in [0.5, 0.6) is 0 Å². The van der Waals surface area contributed by atoms with Crippen LogP contribution >= 0.6 is 0 Å². The van der Waals surface area contributed by atoms with E-state index < -0.39 is 0 Å². The summed E-state index contributed by atoms with van der Waals surface area (Å²) in [5, 5.41) is 1.17. The summed E-state index contributed by atoms with van der Waals surface area (Å²) >= 11 is 0. The predicted octanol–water partition coefficient (Wildman–Crippen LogP) is 6.15. The Morgan fingerprint density at radius 2 is 1.29 bits per heavy atom. The van der Waals surface area contributed by atoms with Gasteiger partial charge in [-0.05, 0) is 53.4 Å². The fourth-order valence-electron chi connectivity index (χ4n) is 5.04. The highest BCUT2D eigenvalue weighted by Crippen LogP contribution is 2.20. The maximum absolute atomic E-state index is 14.0. The molecule has 0 atom stereocenters. The summed E-state index contributed by atoms with van der Waals surface area (Å²) in [6.45, 7) is 1.35. The van der Waals surface area contributed by atoms with Crippen LogP contribution in [0.3, 0.4) is 0 Å². The number of hydrogen-bond acceptors (Lipinski definition) is 3. The van der Waals surface area contributed by atoms with Gasteiger partial charge in [0, 0.05) is 62.1 Å². The standard InChI is InChI=1S/C35H36N4O2/c1-37(2)31-19-17-28(18-20-31)24-38(22-21-30-23-36-33-16-10-9-15-32(30)33)34(40)26-39(25-27-11-5-3-6-12-27)35(41)29-13-7-4-8-14-29/h3-20,23,36H,21-22,24-26H2,1-2H3. The van der Waals surface area contributed by atoms with E-state index in [0.29, 0.717) is 31.6 Å². The Labute approximate surface area is 241 Å². The molecule has 0 unspecified atom stereocenters. The molecular weight excluding hydrogens is 508 g/mol. The van der Waals surface area contributed by atoms with E-state index in [-0.39, 0.29) is 18.4 Å². The van der Waals surface area contributed by atoms with Gasteiger partial charge in [-0.3, -0.25) is 9.59 Å². The molecule has 1 aromatic heterocycles. The number of aromatic nitrogens is 1. The maximum atomic E-state index is 14.0. The molecule has 5 aromatic rings. The molecule has 0 bridgehead atoms. The molecule has 208 valence electrons. The van der Waals surface area contributed by atoms with Gasteiger partial charge in [-0.2, -0.15) is 0 Å². The van der Waals surface area contributed by atoms with Crippen LogP contribution in [0.15, 0.2) is 115 Å². The molecule has 0 saturated heterocycles. The van der Waals surface area contributed by atoms with Crippen LogP contribution < -0.4 is 4.90 Å². The number of para-hydroxylation sites is 1. The first-order valence-corrected chi connectivity index (χ1v) is 14.0. The molecule has 0 fully saturated rings. The molecule has 1 N–H and O–H groups in total. The molecule has 0 aliphatic carbocycles. The van der Waals surface area contributed by atoms with Gasteiger partial charge in [0.25, 0.3) is 5.91 Å². The number of H-pyrrole nitrogens is 1. The Morgan fingerprint density at radius 3 is 2.00 bits per heavy atom. The zero-order valence-corrected chi connectivity index (χ0v) is 23.7. The monoisotopic (exact) mass is 544 g/mol. The van der Waals surface area contributed by atoms with E-state index in [1.807, 2.05) is 85.9 Å².